The molecule has 0 N–H and O–H groups in total. The van der Waals surface area contributed by atoms with E-state index in [0.29, 0.717) is 17.5 Å². The summed E-state index contributed by atoms with van der Waals surface area (Å²) in [4.78, 5) is 15.3. The number of furan rings is 2. The molecular formula is C47H27N3O2. The smallest absolute Gasteiger partial charge is 0.164 e. The zero-order chi connectivity index (χ0) is 34.2. The van der Waals surface area contributed by atoms with E-state index < -0.39 is 0 Å². The molecule has 5 heteroatoms. The fraction of sp³-hybridized carbons (Fsp3) is 0. The van der Waals surface area contributed by atoms with Crippen LogP contribution in [0.15, 0.2) is 173 Å². The first-order chi connectivity index (χ1) is 25.7. The Morgan fingerprint density at radius 2 is 0.788 bits per heavy atom. The maximum Gasteiger partial charge on any atom is 0.164 e. The van der Waals surface area contributed by atoms with Gasteiger partial charge in [0.15, 0.2) is 17.5 Å². The minimum absolute atomic E-state index is 0.608. The lowest BCUT2D eigenvalue weighted by atomic mass is 9.96. The zero-order valence-corrected chi connectivity index (χ0v) is 27.7. The normalized spacial score (nSPS) is 11.8. The molecule has 0 aliphatic heterocycles. The van der Waals surface area contributed by atoms with Crippen molar-refractivity contribution in [2.45, 2.75) is 0 Å². The van der Waals surface area contributed by atoms with Gasteiger partial charge in [0.25, 0.3) is 0 Å². The third kappa shape index (κ3) is 4.60. The van der Waals surface area contributed by atoms with Crippen molar-refractivity contribution in [2.24, 2.45) is 0 Å². The molecule has 0 spiro atoms. The van der Waals surface area contributed by atoms with Crippen LogP contribution in [0.2, 0.25) is 0 Å². The SMILES string of the molecule is c1ccc2cc(-c3nc(-c4ccc5cc(-c6cccc7oc8ccccc8c67)ccc5c4)nc(-c4ccc5oc6ccccc6c5c4)n3)ccc2c1. The van der Waals surface area contributed by atoms with Crippen LogP contribution in [-0.4, -0.2) is 15.0 Å². The number of hydrogen-bond donors (Lipinski definition) is 0. The van der Waals surface area contributed by atoms with Gasteiger partial charge in [0.1, 0.15) is 22.3 Å². The molecule has 0 aliphatic carbocycles. The molecule has 0 saturated heterocycles. The molecule has 3 aromatic heterocycles. The molecule has 242 valence electrons. The average molecular weight is 666 g/mol. The van der Waals surface area contributed by atoms with Crippen LogP contribution in [0, 0.1) is 0 Å². The van der Waals surface area contributed by atoms with Gasteiger partial charge in [-0.05, 0) is 87.3 Å². The molecule has 0 fully saturated rings. The Morgan fingerprint density at radius 3 is 1.54 bits per heavy atom. The van der Waals surface area contributed by atoms with Gasteiger partial charge in [-0.1, -0.05) is 109 Å². The lowest BCUT2D eigenvalue weighted by Gasteiger charge is -2.11. The summed E-state index contributed by atoms with van der Waals surface area (Å²) < 4.78 is 12.3. The Bertz CT molecular complexity index is 3210. The summed E-state index contributed by atoms with van der Waals surface area (Å²) in [7, 11) is 0. The molecule has 3 heterocycles. The molecule has 52 heavy (non-hydrogen) atoms. The molecule has 0 radical (unpaired) electrons. The number of para-hydroxylation sites is 2. The monoisotopic (exact) mass is 665 g/mol. The molecule has 5 nitrogen and oxygen atoms in total. The van der Waals surface area contributed by atoms with Gasteiger partial charge in [0.05, 0.1) is 0 Å². The molecule has 8 aromatic carbocycles. The maximum atomic E-state index is 6.18. The molecule has 0 atom stereocenters. The van der Waals surface area contributed by atoms with E-state index in [1.165, 1.54) is 5.39 Å². The first-order valence-corrected chi connectivity index (χ1v) is 17.3. The second-order valence-corrected chi connectivity index (χ2v) is 13.2. The summed E-state index contributed by atoms with van der Waals surface area (Å²) in [5.41, 5.74) is 8.52. The molecule has 11 rings (SSSR count). The molecule has 0 saturated carbocycles. The quantitative estimate of drug-likeness (QED) is 0.187. The van der Waals surface area contributed by atoms with Crippen molar-refractivity contribution in [1.29, 1.82) is 0 Å². The highest BCUT2D eigenvalue weighted by molar-refractivity contribution is 6.13. The van der Waals surface area contributed by atoms with E-state index in [2.05, 4.69) is 115 Å². The molecule has 0 aliphatic rings. The van der Waals surface area contributed by atoms with Crippen molar-refractivity contribution in [2.75, 3.05) is 0 Å². The van der Waals surface area contributed by atoms with Crippen LogP contribution >= 0.6 is 0 Å². The predicted molar refractivity (Wildman–Crippen MR) is 211 cm³/mol. The van der Waals surface area contributed by atoms with E-state index in [4.69, 9.17) is 23.8 Å². The van der Waals surface area contributed by atoms with Crippen LogP contribution in [0.4, 0.5) is 0 Å². The number of hydrogen-bond acceptors (Lipinski definition) is 5. The standard InChI is InChI=1S/C47H27N3O2/c1-2-9-29-25-33(20-16-28(29)8-1)45-48-46(50-47(49-45)35-22-23-42-39(27-35)37-10-3-5-13-40(37)51-42)34-21-18-30-24-32(19-17-31(30)26-34)36-12-7-15-43-44(36)38-11-4-6-14-41(38)52-43/h1-27H. The molecule has 11 aromatic rings. The minimum atomic E-state index is 0.608. The summed E-state index contributed by atoms with van der Waals surface area (Å²) in [5, 5.41) is 8.89. The van der Waals surface area contributed by atoms with Crippen molar-refractivity contribution in [3.8, 4) is 45.3 Å². The van der Waals surface area contributed by atoms with E-state index >= 15 is 0 Å². The highest BCUT2D eigenvalue weighted by atomic mass is 16.3. The zero-order valence-electron chi connectivity index (χ0n) is 27.7. The van der Waals surface area contributed by atoms with Crippen molar-refractivity contribution in [1.82, 2.24) is 15.0 Å². The lowest BCUT2D eigenvalue weighted by molar-refractivity contribution is 0.668. The fourth-order valence-corrected chi connectivity index (χ4v) is 7.52. The van der Waals surface area contributed by atoms with Gasteiger partial charge in [-0.15, -0.1) is 0 Å². The summed E-state index contributed by atoms with van der Waals surface area (Å²) in [6.45, 7) is 0. The molecular weight excluding hydrogens is 639 g/mol. The summed E-state index contributed by atoms with van der Waals surface area (Å²) in [5.74, 6) is 1.85. The van der Waals surface area contributed by atoms with Crippen molar-refractivity contribution >= 4 is 65.4 Å². The van der Waals surface area contributed by atoms with Crippen LogP contribution in [0.25, 0.3) is 111 Å². The third-order valence-corrected chi connectivity index (χ3v) is 10.1. The van der Waals surface area contributed by atoms with E-state index in [1.807, 2.05) is 48.5 Å². The topological polar surface area (TPSA) is 65.0 Å². The van der Waals surface area contributed by atoms with Gasteiger partial charge in [0, 0.05) is 38.2 Å². The van der Waals surface area contributed by atoms with Crippen LogP contribution in [0.3, 0.4) is 0 Å². The van der Waals surface area contributed by atoms with Gasteiger partial charge >= 0.3 is 0 Å². The molecule has 0 unspecified atom stereocenters. The Morgan fingerprint density at radius 1 is 0.308 bits per heavy atom. The van der Waals surface area contributed by atoms with Gasteiger partial charge < -0.3 is 8.83 Å². The van der Waals surface area contributed by atoms with Gasteiger partial charge in [-0.3, -0.25) is 0 Å². The second-order valence-electron chi connectivity index (χ2n) is 13.2. The van der Waals surface area contributed by atoms with Crippen LogP contribution in [0.1, 0.15) is 0 Å². The van der Waals surface area contributed by atoms with E-state index in [1.54, 1.807) is 0 Å². The lowest BCUT2D eigenvalue weighted by Crippen LogP contribution is -2.00. The van der Waals surface area contributed by atoms with Gasteiger partial charge in [-0.2, -0.15) is 0 Å². The van der Waals surface area contributed by atoms with Crippen LogP contribution in [0.5, 0.6) is 0 Å². The van der Waals surface area contributed by atoms with E-state index in [9.17, 15) is 0 Å². The van der Waals surface area contributed by atoms with Crippen molar-refractivity contribution < 1.29 is 8.83 Å². The van der Waals surface area contributed by atoms with Crippen molar-refractivity contribution in [3.05, 3.63) is 164 Å². The number of rotatable bonds is 4. The predicted octanol–water partition coefficient (Wildman–Crippen LogP) is 12.6. The Labute approximate surface area is 297 Å². The van der Waals surface area contributed by atoms with Crippen LogP contribution in [-0.2, 0) is 0 Å². The minimum Gasteiger partial charge on any atom is -0.456 e. The highest BCUT2D eigenvalue weighted by Gasteiger charge is 2.17. The first-order valence-electron chi connectivity index (χ1n) is 17.3. The Hall–Kier alpha value is -7.11. The largest absolute Gasteiger partial charge is 0.456 e. The second kappa shape index (κ2) is 11.2. The van der Waals surface area contributed by atoms with Gasteiger partial charge in [-0.25, -0.2) is 15.0 Å². The highest BCUT2D eigenvalue weighted by Crippen LogP contribution is 2.38. The molecule has 0 amide bonds. The average Bonchev–Trinajstić information content (AvgIpc) is 3.78. The third-order valence-electron chi connectivity index (χ3n) is 10.1. The number of benzene rings is 8. The molecule has 0 bridgehead atoms. The number of aromatic nitrogens is 3. The Kier molecular flexibility index (Phi) is 6.18. The van der Waals surface area contributed by atoms with E-state index in [-0.39, 0.29) is 0 Å². The summed E-state index contributed by atoms with van der Waals surface area (Å²) in [6.07, 6.45) is 0. The van der Waals surface area contributed by atoms with Crippen molar-refractivity contribution in [3.63, 3.8) is 0 Å². The Balaban J connectivity index is 1.06. The first kappa shape index (κ1) is 28.7. The summed E-state index contributed by atoms with van der Waals surface area (Å²) in [6, 6.07) is 56.5. The number of fused-ring (bicyclic) bond motifs is 8. The van der Waals surface area contributed by atoms with Gasteiger partial charge in [0.2, 0.25) is 0 Å². The maximum absolute atomic E-state index is 6.18. The number of nitrogens with zero attached hydrogens (tertiary/aromatic N) is 3. The summed E-state index contributed by atoms with van der Waals surface area (Å²) >= 11 is 0. The fourth-order valence-electron chi connectivity index (χ4n) is 7.52. The van der Waals surface area contributed by atoms with E-state index in [0.717, 1.165) is 87.9 Å². The van der Waals surface area contributed by atoms with Crippen LogP contribution < -0.4 is 0 Å².